The van der Waals surface area contributed by atoms with E-state index < -0.39 is 11.7 Å². The molecule has 0 spiro atoms. The van der Waals surface area contributed by atoms with Gasteiger partial charge in [0.05, 0.1) is 11.1 Å². The third-order valence-electron chi connectivity index (χ3n) is 5.07. The van der Waals surface area contributed by atoms with Gasteiger partial charge in [-0.25, -0.2) is 4.98 Å². The Balaban J connectivity index is 1.62. The van der Waals surface area contributed by atoms with Crippen molar-refractivity contribution in [3.05, 3.63) is 90.0 Å². The molecule has 154 valence electrons. The Labute approximate surface area is 175 Å². The molecule has 8 heteroatoms. The zero-order chi connectivity index (χ0) is 21.4. The Kier molecular flexibility index (Phi) is 4.54. The van der Waals surface area contributed by atoms with Crippen molar-refractivity contribution >= 4 is 22.4 Å². The quantitative estimate of drug-likeness (QED) is 0.414. The van der Waals surface area contributed by atoms with Gasteiger partial charge in [-0.05, 0) is 23.8 Å². The highest BCUT2D eigenvalue weighted by atomic mass is 19.4. The monoisotopic (exact) mass is 419 g/mol. The lowest BCUT2D eigenvalue weighted by atomic mass is 10.1. The molecular weight excluding hydrogens is 403 g/mol. The first kappa shape index (κ1) is 19.0. The van der Waals surface area contributed by atoms with Gasteiger partial charge in [-0.2, -0.15) is 17.7 Å². The molecule has 5 nitrogen and oxygen atoms in total. The van der Waals surface area contributed by atoms with Crippen molar-refractivity contribution in [2.45, 2.75) is 12.7 Å². The maximum atomic E-state index is 13.4. The van der Waals surface area contributed by atoms with E-state index in [2.05, 4.69) is 15.6 Å². The van der Waals surface area contributed by atoms with Crippen LogP contribution in [-0.4, -0.2) is 19.8 Å². The lowest BCUT2D eigenvalue weighted by molar-refractivity contribution is -0.138. The van der Waals surface area contributed by atoms with Crippen molar-refractivity contribution in [2.24, 2.45) is 0 Å². The Hall–Kier alpha value is -3.94. The summed E-state index contributed by atoms with van der Waals surface area (Å²) < 4.78 is 41.8. The van der Waals surface area contributed by atoms with Crippen LogP contribution in [0.2, 0.25) is 0 Å². The van der Waals surface area contributed by atoms with Gasteiger partial charge < -0.3 is 5.32 Å². The number of aromatic nitrogens is 4. The summed E-state index contributed by atoms with van der Waals surface area (Å²) in [5.41, 5.74) is 2.23. The van der Waals surface area contributed by atoms with Gasteiger partial charge in [-0.3, -0.25) is 0 Å². The second-order valence-corrected chi connectivity index (χ2v) is 7.03. The van der Waals surface area contributed by atoms with Crippen molar-refractivity contribution in [1.82, 2.24) is 19.8 Å². The molecule has 5 rings (SSSR count). The molecule has 0 bridgehead atoms. The molecule has 5 aromatic rings. The number of rotatable bonds is 4. The molecule has 0 aliphatic heterocycles. The third kappa shape index (κ3) is 3.46. The minimum absolute atomic E-state index is 0.0227. The average molecular weight is 419 g/mol. The molecule has 2 aromatic heterocycles. The molecule has 0 amide bonds. The van der Waals surface area contributed by atoms with Crippen molar-refractivity contribution in [1.29, 1.82) is 0 Å². The predicted octanol–water partition coefficient (Wildman–Crippen LogP) is 5.58. The van der Waals surface area contributed by atoms with Gasteiger partial charge in [0.2, 0.25) is 0 Å². The van der Waals surface area contributed by atoms with Crippen LogP contribution >= 0.6 is 0 Å². The van der Waals surface area contributed by atoms with Gasteiger partial charge >= 0.3 is 6.18 Å². The highest BCUT2D eigenvalue weighted by Gasteiger charge is 2.32. The Bertz CT molecular complexity index is 1380. The third-order valence-corrected chi connectivity index (χ3v) is 5.07. The molecule has 0 saturated heterocycles. The van der Waals surface area contributed by atoms with Gasteiger partial charge in [-0.15, -0.1) is 5.10 Å². The standard InChI is InChI=1S/C23H16F3N5/c24-23(25,26)18-12-6-4-10-16(18)14-27-21-17-11-5-7-13-19(17)31-22(28-21)20(29-30-31)15-8-2-1-3-9-15/h1-13H,14H2,(H,27,28). The van der Waals surface area contributed by atoms with E-state index in [1.807, 2.05) is 54.6 Å². The summed E-state index contributed by atoms with van der Waals surface area (Å²) in [5, 5.41) is 12.4. The SMILES string of the molecule is FC(F)(F)c1ccccc1CNc1nc2c(-c3ccccc3)nnn2c2ccccc12. The topological polar surface area (TPSA) is 55.1 Å². The maximum absolute atomic E-state index is 13.4. The summed E-state index contributed by atoms with van der Waals surface area (Å²) in [6.07, 6.45) is -4.42. The van der Waals surface area contributed by atoms with Crippen molar-refractivity contribution < 1.29 is 13.2 Å². The number of fused-ring (bicyclic) bond motifs is 3. The molecule has 0 fully saturated rings. The Morgan fingerprint density at radius 1 is 0.839 bits per heavy atom. The highest BCUT2D eigenvalue weighted by Crippen LogP contribution is 2.33. The maximum Gasteiger partial charge on any atom is 0.416 e. The van der Waals surface area contributed by atoms with E-state index in [-0.39, 0.29) is 12.1 Å². The first-order valence-electron chi connectivity index (χ1n) is 9.61. The van der Waals surface area contributed by atoms with Gasteiger partial charge in [0.1, 0.15) is 11.5 Å². The molecule has 0 radical (unpaired) electrons. The lowest BCUT2D eigenvalue weighted by Crippen LogP contribution is -2.12. The van der Waals surface area contributed by atoms with Crippen molar-refractivity contribution in [3.63, 3.8) is 0 Å². The van der Waals surface area contributed by atoms with Crippen LogP contribution in [0.4, 0.5) is 19.0 Å². The molecule has 2 heterocycles. The number of para-hydroxylation sites is 1. The number of benzene rings is 3. The second-order valence-electron chi connectivity index (χ2n) is 7.03. The smallest absolute Gasteiger partial charge is 0.365 e. The summed E-state index contributed by atoms with van der Waals surface area (Å²) in [5.74, 6) is 0.472. The minimum atomic E-state index is -4.42. The minimum Gasteiger partial charge on any atom is -0.365 e. The molecule has 0 saturated carbocycles. The number of hydrogen-bond donors (Lipinski definition) is 1. The summed E-state index contributed by atoms with van der Waals surface area (Å²) in [4.78, 5) is 4.69. The number of anilines is 1. The fraction of sp³-hybridized carbons (Fsp3) is 0.0870. The Morgan fingerprint density at radius 3 is 2.35 bits per heavy atom. The number of halogens is 3. The van der Waals surface area contributed by atoms with E-state index in [9.17, 15) is 13.2 Å². The van der Waals surface area contributed by atoms with E-state index in [0.29, 0.717) is 17.2 Å². The summed E-state index contributed by atoms with van der Waals surface area (Å²) in [6, 6.07) is 22.5. The van der Waals surface area contributed by atoms with Crippen LogP contribution in [0.15, 0.2) is 78.9 Å². The van der Waals surface area contributed by atoms with Crippen LogP contribution in [0.1, 0.15) is 11.1 Å². The first-order valence-corrected chi connectivity index (χ1v) is 9.61. The van der Waals surface area contributed by atoms with Gasteiger partial charge in [-0.1, -0.05) is 65.9 Å². The molecule has 0 aliphatic rings. The number of hydrogen-bond acceptors (Lipinski definition) is 4. The van der Waals surface area contributed by atoms with E-state index in [4.69, 9.17) is 4.98 Å². The normalized spacial score (nSPS) is 11.8. The summed E-state index contributed by atoms with van der Waals surface area (Å²) >= 11 is 0. The van der Waals surface area contributed by atoms with E-state index in [1.165, 1.54) is 12.1 Å². The highest BCUT2D eigenvalue weighted by molar-refractivity contribution is 5.93. The number of nitrogens with zero attached hydrogens (tertiary/aromatic N) is 4. The average Bonchev–Trinajstić information content (AvgIpc) is 3.22. The van der Waals surface area contributed by atoms with Crippen LogP contribution in [-0.2, 0) is 12.7 Å². The summed E-state index contributed by atoms with van der Waals surface area (Å²) in [7, 11) is 0. The lowest BCUT2D eigenvalue weighted by Gasteiger charge is -2.15. The molecule has 0 unspecified atom stereocenters. The van der Waals surface area contributed by atoms with E-state index >= 15 is 0 Å². The van der Waals surface area contributed by atoms with Gasteiger partial charge in [0.25, 0.3) is 0 Å². The molecule has 0 aliphatic carbocycles. The van der Waals surface area contributed by atoms with Crippen LogP contribution in [0.5, 0.6) is 0 Å². The zero-order valence-electron chi connectivity index (χ0n) is 16.1. The molecular formula is C23H16F3N5. The summed E-state index contributed by atoms with van der Waals surface area (Å²) in [6.45, 7) is -0.0227. The largest absolute Gasteiger partial charge is 0.416 e. The fourth-order valence-electron chi connectivity index (χ4n) is 3.61. The Morgan fingerprint density at radius 2 is 1.55 bits per heavy atom. The van der Waals surface area contributed by atoms with Crippen molar-refractivity contribution in [3.8, 4) is 11.3 Å². The van der Waals surface area contributed by atoms with Crippen LogP contribution in [0.3, 0.4) is 0 Å². The second kappa shape index (κ2) is 7.39. The fourth-order valence-corrected chi connectivity index (χ4v) is 3.61. The van der Waals surface area contributed by atoms with E-state index in [1.54, 1.807) is 10.6 Å². The van der Waals surface area contributed by atoms with E-state index in [0.717, 1.165) is 22.5 Å². The molecule has 31 heavy (non-hydrogen) atoms. The predicted molar refractivity (Wildman–Crippen MR) is 112 cm³/mol. The van der Waals surface area contributed by atoms with Gasteiger partial charge in [0, 0.05) is 17.5 Å². The molecule has 0 atom stereocenters. The van der Waals surface area contributed by atoms with Gasteiger partial charge in [0.15, 0.2) is 5.65 Å². The van der Waals surface area contributed by atoms with Crippen LogP contribution in [0, 0.1) is 0 Å². The molecule has 1 N–H and O–H groups in total. The zero-order valence-corrected chi connectivity index (χ0v) is 16.1. The molecule has 3 aromatic carbocycles. The van der Waals surface area contributed by atoms with Crippen molar-refractivity contribution in [2.75, 3.05) is 5.32 Å². The number of alkyl halides is 3. The van der Waals surface area contributed by atoms with Crippen LogP contribution < -0.4 is 5.32 Å². The number of nitrogens with one attached hydrogen (secondary N) is 1. The van der Waals surface area contributed by atoms with Crippen LogP contribution in [0.25, 0.3) is 27.8 Å². The first-order chi connectivity index (χ1) is 15.0.